The zero-order valence-electron chi connectivity index (χ0n) is 16.4. The van der Waals surface area contributed by atoms with Gasteiger partial charge in [-0.2, -0.15) is 0 Å². The van der Waals surface area contributed by atoms with Gasteiger partial charge >= 0.3 is 12.1 Å². The van der Waals surface area contributed by atoms with Gasteiger partial charge < -0.3 is 19.6 Å². The molecular weight excluding hydrogens is 384 g/mol. The Morgan fingerprint density at radius 2 is 1.37 bits per heavy atom. The number of carboxylic acids is 1. The summed E-state index contributed by atoms with van der Waals surface area (Å²) < 4.78 is 5.61. The van der Waals surface area contributed by atoms with Gasteiger partial charge in [0, 0.05) is 32.1 Å². The first-order chi connectivity index (χ1) is 14.5. The van der Waals surface area contributed by atoms with E-state index in [0.717, 1.165) is 11.1 Å². The topological polar surface area (TPSA) is 87.2 Å². The molecule has 0 atom stereocenters. The minimum absolute atomic E-state index is 0.00842. The van der Waals surface area contributed by atoms with Crippen molar-refractivity contribution in [3.05, 3.63) is 59.7 Å². The normalized spacial score (nSPS) is 18.3. The van der Waals surface area contributed by atoms with E-state index >= 15 is 0 Å². The molecule has 30 heavy (non-hydrogen) atoms. The highest BCUT2D eigenvalue weighted by molar-refractivity contribution is 5.85. The second-order valence-corrected chi connectivity index (χ2v) is 8.18. The number of carboxylic acid groups (broad SMARTS) is 1. The van der Waals surface area contributed by atoms with Crippen molar-refractivity contribution in [1.82, 2.24) is 9.80 Å². The first-order valence-corrected chi connectivity index (χ1v) is 10.1. The summed E-state index contributed by atoms with van der Waals surface area (Å²) in [5.74, 6) is -1.66. The number of likely N-dealkylation sites (tertiary alicyclic amines) is 2. The van der Waals surface area contributed by atoms with Crippen LogP contribution < -0.4 is 0 Å². The molecule has 2 amide bonds. The van der Waals surface area contributed by atoms with Crippen molar-refractivity contribution >= 4 is 18.0 Å². The van der Waals surface area contributed by atoms with E-state index in [1.54, 1.807) is 4.90 Å². The summed E-state index contributed by atoms with van der Waals surface area (Å²) in [5.41, 5.74) is 4.68. The fraction of sp³-hybridized carbons (Fsp3) is 0.348. The molecule has 2 fully saturated rings. The van der Waals surface area contributed by atoms with E-state index < -0.39 is 18.0 Å². The molecule has 2 aromatic carbocycles. The Bertz CT molecular complexity index is 978. The minimum atomic E-state index is -0.868. The molecular formula is C23H22N2O5. The molecule has 2 aromatic rings. The lowest BCUT2D eigenvalue weighted by Crippen LogP contribution is -2.61. The maximum absolute atomic E-state index is 12.5. The highest BCUT2D eigenvalue weighted by Gasteiger charge is 2.44. The number of carbonyl (C=O) groups is 3. The average molecular weight is 406 g/mol. The molecule has 2 aliphatic heterocycles. The van der Waals surface area contributed by atoms with E-state index in [1.807, 2.05) is 24.3 Å². The molecule has 0 aromatic heterocycles. The Morgan fingerprint density at radius 3 is 1.93 bits per heavy atom. The van der Waals surface area contributed by atoms with Crippen LogP contribution in [0.5, 0.6) is 0 Å². The maximum atomic E-state index is 12.5. The van der Waals surface area contributed by atoms with Crippen LogP contribution in [0.2, 0.25) is 0 Å². The Hall–Kier alpha value is -3.35. The molecule has 0 unspecified atom stereocenters. The zero-order chi connectivity index (χ0) is 20.8. The predicted octanol–water partition coefficient (Wildman–Crippen LogP) is 2.41. The largest absolute Gasteiger partial charge is 0.481 e. The monoisotopic (exact) mass is 406 g/mol. The first kappa shape index (κ1) is 18.7. The summed E-state index contributed by atoms with van der Waals surface area (Å²) in [5, 5.41) is 8.92. The minimum Gasteiger partial charge on any atom is -0.481 e. The number of benzene rings is 2. The summed E-state index contributed by atoms with van der Waals surface area (Å²) in [6.07, 6.45) is -0.409. The lowest BCUT2D eigenvalue weighted by molar-refractivity contribution is -0.156. The lowest BCUT2D eigenvalue weighted by Gasteiger charge is -2.44. The Morgan fingerprint density at radius 1 is 0.833 bits per heavy atom. The standard InChI is InChI=1S/C23H22N2O5/c26-21(24-11-15(12-24)22(27)28)14-9-25(10-14)23(29)30-13-20-18-7-3-1-5-16(18)17-6-2-4-8-19(17)20/h1-8,14-15,20H,9-13H2,(H,27,28). The molecule has 2 heterocycles. The number of carbonyl (C=O) groups excluding carboxylic acids is 2. The van der Waals surface area contributed by atoms with Crippen molar-refractivity contribution in [2.45, 2.75) is 5.92 Å². The second-order valence-electron chi connectivity index (χ2n) is 8.18. The number of aliphatic carboxylic acids is 1. The number of rotatable bonds is 4. The fourth-order valence-corrected chi connectivity index (χ4v) is 4.54. The van der Waals surface area contributed by atoms with Gasteiger partial charge in [-0.25, -0.2) is 4.79 Å². The van der Waals surface area contributed by atoms with Gasteiger partial charge in [-0.15, -0.1) is 0 Å². The van der Waals surface area contributed by atoms with E-state index in [4.69, 9.17) is 9.84 Å². The molecule has 1 aliphatic carbocycles. The van der Waals surface area contributed by atoms with Crippen molar-refractivity contribution in [2.24, 2.45) is 11.8 Å². The number of nitrogens with zero attached hydrogens (tertiary/aromatic N) is 2. The Labute approximate surface area is 173 Å². The van der Waals surface area contributed by atoms with Gasteiger partial charge in [-0.05, 0) is 22.3 Å². The van der Waals surface area contributed by atoms with Crippen molar-refractivity contribution < 1.29 is 24.2 Å². The molecule has 7 heteroatoms. The maximum Gasteiger partial charge on any atom is 0.409 e. The van der Waals surface area contributed by atoms with Crippen LogP contribution in [0.3, 0.4) is 0 Å². The molecule has 5 rings (SSSR count). The first-order valence-electron chi connectivity index (χ1n) is 10.1. The number of fused-ring (bicyclic) bond motifs is 3. The highest BCUT2D eigenvalue weighted by Crippen LogP contribution is 2.44. The number of hydrogen-bond donors (Lipinski definition) is 1. The van der Waals surface area contributed by atoms with Crippen molar-refractivity contribution in [1.29, 1.82) is 0 Å². The van der Waals surface area contributed by atoms with Crippen LogP contribution in [0.1, 0.15) is 17.0 Å². The Balaban J connectivity index is 1.16. The van der Waals surface area contributed by atoms with Gasteiger partial charge in [0.2, 0.25) is 5.91 Å². The molecule has 154 valence electrons. The van der Waals surface area contributed by atoms with Gasteiger partial charge in [-0.3, -0.25) is 9.59 Å². The SMILES string of the molecule is O=C(O)C1CN(C(=O)C2CN(C(=O)OCC3c4ccccc4-c4ccccc43)C2)C1. The van der Waals surface area contributed by atoms with Crippen molar-refractivity contribution in [3.63, 3.8) is 0 Å². The zero-order valence-corrected chi connectivity index (χ0v) is 16.4. The summed E-state index contributed by atoms with van der Waals surface area (Å²) in [6, 6.07) is 16.3. The van der Waals surface area contributed by atoms with E-state index in [2.05, 4.69) is 24.3 Å². The van der Waals surface area contributed by atoms with E-state index in [9.17, 15) is 14.4 Å². The van der Waals surface area contributed by atoms with Gasteiger partial charge in [0.15, 0.2) is 0 Å². The van der Waals surface area contributed by atoms with Crippen LogP contribution in [-0.4, -0.2) is 65.7 Å². The van der Waals surface area contributed by atoms with Crippen LogP contribution in [0.25, 0.3) is 11.1 Å². The van der Waals surface area contributed by atoms with Crippen molar-refractivity contribution in [2.75, 3.05) is 32.8 Å². The molecule has 0 radical (unpaired) electrons. The van der Waals surface area contributed by atoms with Crippen LogP contribution in [-0.2, 0) is 14.3 Å². The summed E-state index contributed by atoms with van der Waals surface area (Å²) in [4.78, 5) is 38.8. The quantitative estimate of drug-likeness (QED) is 0.843. The molecule has 7 nitrogen and oxygen atoms in total. The number of ether oxygens (including phenoxy) is 1. The molecule has 2 saturated heterocycles. The third-order valence-corrected chi connectivity index (χ3v) is 6.37. The molecule has 0 saturated carbocycles. The van der Waals surface area contributed by atoms with Gasteiger partial charge in [0.25, 0.3) is 0 Å². The molecule has 3 aliphatic rings. The van der Waals surface area contributed by atoms with Crippen molar-refractivity contribution in [3.8, 4) is 11.1 Å². The van der Waals surface area contributed by atoms with Crippen LogP contribution in [0, 0.1) is 11.8 Å². The lowest BCUT2D eigenvalue weighted by atomic mass is 9.93. The predicted molar refractivity (Wildman–Crippen MR) is 108 cm³/mol. The number of amides is 2. The van der Waals surface area contributed by atoms with Crippen LogP contribution in [0.4, 0.5) is 4.79 Å². The van der Waals surface area contributed by atoms with E-state index in [-0.39, 0.29) is 37.4 Å². The second kappa shape index (κ2) is 7.16. The third-order valence-electron chi connectivity index (χ3n) is 6.37. The van der Waals surface area contributed by atoms with E-state index in [0.29, 0.717) is 13.1 Å². The Kier molecular flexibility index (Phi) is 4.46. The molecule has 0 bridgehead atoms. The van der Waals surface area contributed by atoms with Gasteiger partial charge in [0.1, 0.15) is 6.61 Å². The van der Waals surface area contributed by atoms with Crippen LogP contribution >= 0.6 is 0 Å². The van der Waals surface area contributed by atoms with E-state index in [1.165, 1.54) is 16.0 Å². The number of hydrogen-bond acceptors (Lipinski definition) is 4. The summed E-state index contributed by atoms with van der Waals surface area (Å²) in [7, 11) is 0. The average Bonchev–Trinajstić information content (AvgIpc) is 2.97. The summed E-state index contributed by atoms with van der Waals surface area (Å²) in [6.45, 7) is 1.42. The molecule has 1 N–H and O–H groups in total. The van der Waals surface area contributed by atoms with Gasteiger partial charge in [-0.1, -0.05) is 48.5 Å². The van der Waals surface area contributed by atoms with Gasteiger partial charge in [0.05, 0.1) is 11.8 Å². The molecule has 0 spiro atoms. The van der Waals surface area contributed by atoms with Crippen LogP contribution in [0.15, 0.2) is 48.5 Å². The smallest absolute Gasteiger partial charge is 0.409 e. The summed E-state index contributed by atoms with van der Waals surface area (Å²) >= 11 is 0. The fourth-order valence-electron chi connectivity index (χ4n) is 4.54. The third kappa shape index (κ3) is 3.01. The highest BCUT2D eigenvalue weighted by atomic mass is 16.6.